The molecule has 0 amide bonds. The van der Waals surface area contributed by atoms with E-state index < -0.39 is 11.7 Å². The molecule has 0 bridgehead atoms. The highest BCUT2D eigenvalue weighted by molar-refractivity contribution is 6.32. The van der Waals surface area contributed by atoms with Crippen LogP contribution < -0.4 is 5.32 Å². The monoisotopic (exact) mass is 277 g/mol. The van der Waals surface area contributed by atoms with E-state index in [1.807, 2.05) is 0 Å². The van der Waals surface area contributed by atoms with Crippen LogP contribution in [-0.2, 0) is 12.7 Å². The number of nitrogens with zero attached hydrogens (tertiary/aromatic N) is 3. The Bertz CT molecular complexity index is 525. The van der Waals surface area contributed by atoms with Crippen LogP contribution >= 0.6 is 11.6 Å². The Morgan fingerprint density at radius 2 is 2.11 bits per heavy atom. The summed E-state index contributed by atoms with van der Waals surface area (Å²) < 4.78 is 37.1. The number of rotatable bonds is 3. The van der Waals surface area contributed by atoms with Crippen LogP contribution in [0.1, 0.15) is 11.4 Å². The molecule has 2 heterocycles. The first-order valence-electron chi connectivity index (χ1n) is 4.77. The van der Waals surface area contributed by atoms with Crippen LogP contribution in [0.3, 0.4) is 0 Å². The number of aromatic amines is 1. The van der Waals surface area contributed by atoms with Crippen molar-refractivity contribution in [3.05, 3.63) is 35.0 Å². The summed E-state index contributed by atoms with van der Waals surface area (Å²) in [5.41, 5.74) is -0.891. The van der Waals surface area contributed by atoms with Gasteiger partial charge in [0.25, 0.3) is 0 Å². The molecular weight excluding hydrogens is 271 g/mol. The zero-order valence-electron chi connectivity index (χ0n) is 8.79. The number of hydrogen-bond acceptors (Lipinski definition) is 4. The van der Waals surface area contributed by atoms with E-state index >= 15 is 0 Å². The topological polar surface area (TPSA) is 66.5 Å². The van der Waals surface area contributed by atoms with Crippen LogP contribution in [-0.4, -0.2) is 20.2 Å². The van der Waals surface area contributed by atoms with Gasteiger partial charge in [0.1, 0.15) is 18.0 Å². The third-order valence-electron chi connectivity index (χ3n) is 2.06. The quantitative estimate of drug-likeness (QED) is 0.904. The maximum Gasteiger partial charge on any atom is 0.417 e. The maximum atomic E-state index is 12.4. The second kappa shape index (κ2) is 4.81. The largest absolute Gasteiger partial charge is 0.417 e. The average molecular weight is 278 g/mol. The first-order valence-corrected chi connectivity index (χ1v) is 5.15. The second-order valence-electron chi connectivity index (χ2n) is 3.34. The molecule has 2 aromatic rings. The molecule has 0 aromatic carbocycles. The zero-order valence-corrected chi connectivity index (χ0v) is 9.55. The summed E-state index contributed by atoms with van der Waals surface area (Å²) in [5, 5.41) is 8.86. The molecule has 0 saturated heterocycles. The number of pyridine rings is 1. The molecule has 2 aromatic heterocycles. The average Bonchev–Trinajstić information content (AvgIpc) is 2.79. The van der Waals surface area contributed by atoms with Gasteiger partial charge in [0.2, 0.25) is 0 Å². The molecule has 18 heavy (non-hydrogen) atoms. The van der Waals surface area contributed by atoms with Gasteiger partial charge in [-0.2, -0.15) is 18.3 Å². The van der Waals surface area contributed by atoms with Gasteiger partial charge in [-0.3, -0.25) is 5.10 Å². The van der Waals surface area contributed by atoms with Crippen molar-refractivity contribution in [2.45, 2.75) is 12.7 Å². The van der Waals surface area contributed by atoms with Crippen molar-refractivity contribution < 1.29 is 13.2 Å². The van der Waals surface area contributed by atoms with Crippen LogP contribution in [0.25, 0.3) is 0 Å². The van der Waals surface area contributed by atoms with E-state index in [1.165, 1.54) is 6.33 Å². The van der Waals surface area contributed by atoms with E-state index in [9.17, 15) is 13.2 Å². The summed E-state index contributed by atoms with van der Waals surface area (Å²) in [6.45, 7) is 0.234. The van der Waals surface area contributed by atoms with Gasteiger partial charge in [-0.25, -0.2) is 9.97 Å². The molecule has 5 nitrogen and oxygen atoms in total. The predicted molar refractivity (Wildman–Crippen MR) is 58.0 cm³/mol. The van der Waals surface area contributed by atoms with Gasteiger partial charge in [0, 0.05) is 6.20 Å². The zero-order chi connectivity index (χ0) is 13.2. The third kappa shape index (κ3) is 2.89. The van der Waals surface area contributed by atoms with E-state index in [2.05, 4.69) is 25.5 Å². The molecule has 0 spiro atoms. The summed E-state index contributed by atoms with van der Waals surface area (Å²) >= 11 is 5.70. The molecule has 0 fully saturated rings. The molecule has 9 heteroatoms. The molecular formula is C9H7ClF3N5. The number of H-pyrrole nitrogens is 1. The van der Waals surface area contributed by atoms with Crippen LogP contribution in [0.5, 0.6) is 0 Å². The summed E-state index contributed by atoms with van der Waals surface area (Å²) in [5.74, 6) is 0.675. The van der Waals surface area contributed by atoms with E-state index in [0.717, 1.165) is 6.07 Å². The van der Waals surface area contributed by atoms with Crippen LogP contribution in [0.15, 0.2) is 18.6 Å². The normalized spacial score (nSPS) is 11.6. The molecule has 0 aliphatic heterocycles. The smallest absolute Gasteiger partial charge is 0.362 e. The highest BCUT2D eigenvalue weighted by Gasteiger charge is 2.31. The standard InChI is InChI=1S/C9H7ClF3N5/c10-6-1-5(9(11,12)13)2-14-8(6)15-3-7-16-4-17-18-7/h1-2,4H,3H2,(H,14,15)(H,16,17,18). The maximum absolute atomic E-state index is 12.4. The van der Waals surface area contributed by atoms with Gasteiger partial charge in [0.15, 0.2) is 0 Å². The lowest BCUT2D eigenvalue weighted by Crippen LogP contribution is -2.08. The number of anilines is 1. The summed E-state index contributed by atoms with van der Waals surface area (Å²) in [6.07, 6.45) is -2.42. The lowest BCUT2D eigenvalue weighted by Gasteiger charge is -2.09. The van der Waals surface area contributed by atoms with Gasteiger partial charge < -0.3 is 5.32 Å². The first-order chi connectivity index (χ1) is 8.47. The fraction of sp³-hybridized carbons (Fsp3) is 0.222. The van der Waals surface area contributed by atoms with E-state index in [1.54, 1.807) is 0 Å². The predicted octanol–water partition coefficient (Wildman–Crippen LogP) is 2.48. The van der Waals surface area contributed by atoms with Crippen molar-refractivity contribution in [3.63, 3.8) is 0 Å². The Balaban J connectivity index is 2.10. The van der Waals surface area contributed by atoms with Crippen molar-refractivity contribution in [1.82, 2.24) is 20.2 Å². The van der Waals surface area contributed by atoms with Gasteiger partial charge in [-0.15, -0.1) is 0 Å². The summed E-state index contributed by atoms with van der Waals surface area (Å²) in [6, 6.07) is 0.817. The lowest BCUT2D eigenvalue weighted by atomic mass is 10.3. The fourth-order valence-corrected chi connectivity index (χ4v) is 1.44. The van der Waals surface area contributed by atoms with Gasteiger partial charge in [0.05, 0.1) is 17.1 Å². The van der Waals surface area contributed by atoms with Crippen molar-refractivity contribution in [2.24, 2.45) is 0 Å². The van der Waals surface area contributed by atoms with Crippen molar-refractivity contribution in [1.29, 1.82) is 0 Å². The lowest BCUT2D eigenvalue weighted by molar-refractivity contribution is -0.137. The number of halogens is 4. The molecule has 2 N–H and O–H groups in total. The number of aromatic nitrogens is 4. The Hall–Kier alpha value is -1.83. The summed E-state index contributed by atoms with van der Waals surface area (Å²) in [7, 11) is 0. The van der Waals surface area contributed by atoms with Gasteiger partial charge in [-0.05, 0) is 6.07 Å². The highest BCUT2D eigenvalue weighted by Crippen LogP contribution is 2.32. The minimum atomic E-state index is -4.46. The highest BCUT2D eigenvalue weighted by atomic mass is 35.5. The van der Waals surface area contributed by atoms with Crippen LogP contribution in [0.2, 0.25) is 5.02 Å². The van der Waals surface area contributed by atoms with Gasteiger partial charge in [-0.1, -0.05) is 11.6 Å². The third-order valence-corrected chi connectivity index (χ3v) is 2.34. The van der Waals surface area contributed by atoms with Crippen molar-refractivity contribution >= 4 is 17.4 Å². The Labute approximate surface area is 104 Å². The van der Waals surface area contributed by atoms with E-state index in [-0.39, 0.29) is 17.4 Å². The van der Waals surface area contributed by atoms with Crippen molar-refractivity contribution in [2.75, 3.05) is 5.32 Å². The number of nitrogens with one attached hydrogen (secondary N) is 2. The molecule has 0 unspecified atom stereocenters. The van der Waals surface area contributed by atoms with Crippen LogP contribution in [0, 0.1) is 0 Å². The SMILES string of the molecule is FC(F)(F)c1cnc(NCc2ncn[nH]2)c(Cl)c1. The Kier molecular flexibility index (Phi) is 3.37. The minimum Gasteiger partial charge on any atom is -0.362 e. The van der Waals surface area contributed by atoms with Gasteiger partial charge >= 0.3 is 6.18 Å². The molecule has 2 rings (SSSR count). The number of hydrogen-bond donors (Lipinski definition) is 2. The van der Waals surface area contributed by atoms with Crippen molar-refractivity contribution in [3.8, 4) is 0 Å². The molecule has 0 aliphatic carbocycles. The Morgan fingerprint density at radius 3 is 2.67 bits per heavy atom. The Morgan fingerprint density at radius 1 is 1.33 bits per heavy atom. The number of alkyl halides is 3. The first kappa shape index (κ1) is 12.6. The van der Waals surface area contributed by atoms with E-state index in [0.29, 0.717) is 12.0 Å². The van der Waals surface area contributed by atoms with E-state index in [4.69, 9.17) is 11.6 Å². The molecule has 0 atom stereocenters. The molecule has 0 aliphatic rings. The fourth-order valence-electron chi connectivity index (χ4n) is 1.21. The summed E-state index contributed by atoms with van der Waals surface area (Å²) in [4.78, 5) is 7.46. The molecule has 96 valence electrons. The minimum absolute atomic E-state index is 0.107. The second-order valence-corrected chi connectivity index (χ2v) is 3.75. The van der Waals surface area contributed by atoms with Crippen LogP contribution in [0.4, 0.5) is 19.0 Å². The molecule has 0 radical (unpaired) electrons. The molecule has 0 saturated carbocycles.